The number of benzene rings is 1. The van der Waals surface area contributed by atoms with Crippen LogP contribution in [0.4, 0.5) is 5.69 Å². The average Bonchev–Trinajstić information content (AvgIpc) is 2.20. The third-order valence-electron chi connectivity index (χ3n) is 1.31. The molecule has 1 amide bonds. The summed E-state index contributed by atoms with van der Waals surface area (Å²) < 4.78 is 0. The second-order valence-electron chi connectivity index (χ2n) is 2.37. The van der Waals surface area contributed by atoms with Crippen molar-refractivity contribution in [3.63, 3.8) is 0 Å². The Morgan fingerprint density at radius 1 is 1.43 bits per heavy atom. The van der Waals surface area contributed by atoms with Gasteiger partial charge in [-0.3, -0.25) is 4.79 Å². The fourth-order valence-corrected chi connectivity index (χ4v) is 0.870. The highest BCUT2D eigenvalue weighted by Crippen LogP contribution is 2.08. The van der Waals surface area contributed by atoms with Gasteiger partial charge in [-0.15, -0.1) is 0 Å². The summed E-state index contributed by atoms with van der Waals surface area (Å²) in [4.78, 5) is 10.6. The largest absolute Gasteiger partial charge is 0.326 e. The molecule has 1 N–H and O–H groups in total. The lowest BCUT2D eigenvalue weighted by Crippen LogP contribution is -2.05. The number of carbonyl (C=O) groups excluding carboxylic acids is 1. The van der Waals surface area contributed by atoms with Gasteiger partial charge in [0.25, 0.3) is 0 Å². The summed E-state index contributed by atoms with van der Waals surface area (Å²) in [6.07, 6.45) is 0. The Kier molecular flexibility index (Phi) is 5.80. The van der Waals surface area contributed by atoms with Crippen LogP contribution in [0, 0.1) is 11.3 Å². The van der Waals surface area contributed by atoms with Gasteiger partial charge in [0.05, 0.1) is 11.6 Å². The van der Waals surface area contributed by atoms with E-state index in [0.29, 0.717) is 11.3 Å². The Morgan fingerprint density at radius 3 is 2.57 bits per heavy atom. The van der Waals surface area contributed by atoms with Crippen LogP contribution in [-0.4, -0.2) is 5.91 Å². The SMILES string of the molecule is CC.CC(=O)Nc1cccc(C#N)c1. The van der Waals surface area contributed by atoms with Gasteiger partial charge in [-0.05, 0) is 18.2 Å². The molecule has 0 bridgehead atoms. The van der Waals surface area contributed by atoms with Crippen molar-refractivity contribution in [3.05, 3.63) is 29.8 Å². The lowest BCUT2D eigenvalue weighted by molar-refractivity contribution is -0.114. The summed E-state index contributed by atoms with van der Waals surface area (Å²) >= 11 is 0. The minimum absolute atomic E-state index is 0.134. The Labute approximate surface area is 84.4 Å². The molecule has 0 atom stereocenters. The summed E-state index contributed by atoms with van der Waals surface area (Å²) in [7, 11) is 0. The van der Waals surface area contributed by atoms with Crippen LogP contribution >= 0.6 is 0 Å². The zero-order valence-electron chi connectivity index (χ0n) is 8.66. The number of anilines is 1. The quantitative estimate of drug-likeness (QED) is 0.739. The van der Waals surface area contributed by atoms with Gasteiger partial charge in [-0.2, -0.15) is 5.26 Å². The molecular formula is C11H14N2O. The lowest BCUT2D eigenvalue weighted by Gasteiger charge is -2.00. The van der Waals surface area contributed by atoms with Crippen molar-refractivity contribution in [2.75, 3.05) is 5.32 Å². The number of rotatable bonds is 1. The maximum absolute atomic E-state index is 10.6. The van der Waals surface area contributed by atoms with Gasteiger partial charge in [0.1, 0.15) is 0 Å². The molecule has 3 heteroatoms. The van der Waals surface area contributed by atoms with Crippen LogP contribution in [0.1, 0.15) is 26.3 Å². The molecule has 0 fully saturated rings. The first-order chi connectivity index (χ1) is 6.72. The number of nitrogens with zero attached hydrogens (tertiary/aromatic N) is 1. The van der Waals surface area contributed by atoms with Gasteiger partial charge >= 0.3 is 0 Å². The molecule has 1 rings (SSSR count). The van der Waals surface area contributed by atoms with E-state index in [1.165, 1.54) is 6.92 Å². The lowest BCUT2D eigenvalue weighted by atomic mass is 10.2. The van der Waals surface area contributed by atoms with Crippen LogP contribution in [0.25, 0.3) is 0 Å². The van der Waals surface area contributed by atoms with Crippen molar-refractivity contribution in [3.8, 4) is 6.07 Å². The molecule has 0 saturated carbocycles. The fraction of sp³-hybridized carbons (Fsp3) is 0.273. The third kappa shape index (κ3) is 4.27. The highest BCUT2D eigenvalue weighted by molar-refractivity contribution is 5.88. The summed E-state index contributed by atoms with van der Waals surface area (Å²) in [5.74, 6) is -0.134. The first-order valence-electron chi connectivity index (χ1n) is 4.50. The summed E-state index contributed by atoms with van der Waals surface area (Å²) in [6, 6.07) is 8.77. The third-order valence-corrected chi connectivity index (χ3v) is 1.31. The molecule has 0 spiro atoms. The van der Waals surface area contributed by atoms with Crippen LogP contribution in [0.15, 0.2) is 24.3 Å². The second-order valence-corrected chi connectivity index (χ2v) is 2.37. The standard InChI is InChI=1S/C9H8N2O.C2H6/c1-7(12)11-9-4-2-3-8(5-9)6-10;1-2/h2-5H,1H3,(H,11,12);1-2H3. The van der Waals surface area contributed by atoms with Gasteiger partial charge in [0, 0.05) is 12.6 Å². The van der Waals surface area contributed by atoms with Crippen molar-refractivity contribution < 1.29 is 4.79 Å². The van der Waals surface area contributed by atoms with Crippen LogP contribution in [0.5, 0.6) is 0 Å². The first-order valence-corrected chi connectivity index (χ1v) is 4.50. The van der Waals surface area contributed by atoms with E-state index in [9.17, 15) is 4.79 Å². The Balaban J connectivity index is 0.000000791. The van der Waals surface area contributed by atoms with E-state index in [-0.39, 0.29) is 5.91 Å². The molecular weight excluding hydrogens is 176 g/mol. The molecule has 0 aromatic heterocycles. The van der Waals surface area contributed by atoms with Crippen LogP contribution in [-0.2, 0) is 4.79 Å². The molecule has 0 aliphatic heterocycles. The van der Waals surface area contributed by atoms with E-state index in [2.05, 4.69) is 5.32 Å². The maximum Gasteiger partial charge on any atom is 0.221 e. The maximum atomic E-state index is 10.6. The van der Waals surface area contributed by atoms with Crippen molar-refractivity contribution in [1.82, 2.24) is 0 Å². The van der Waals surface area contributed by atoms with E-state index < -0.39 is 0 Å². The first kappa shape index (κ1) is 12.2. The van der Waals surface area contributed by atoms with E-state index in [1.807, 2.05) is 19.9 Å². The predicted octanol–water partition coefficient (Wildman–Crippen LogP) is 2.54. The monoisotopic (exact) mass is 190 g/mol. The minimum atomic E-state index is -0.134. The normalized spacial score (nSPS) is 7.86. The second kappa shape index (κ2) is 6.67. The molecule has 14 heavy (non-hydrogen) atoms. The number of carbonyl (C=O) groups is 1. The minimum Gasteiger partial charge on any atom is -0.326 e. The van der Waals surface area contributed by atoms with Gasteiger partial charge in [-0.1, -0.05) is 19.9 Å². The molecule has 3 nitrogen and oxygen atoms in total. The van der Waals surface area contributed by atoms with Gasteiger partial charge in [-0.25, -0.2) is 0 Å². The van der Waals surface area contributed by atoms with Crippen LogP contribution in [0.2, 0.25) is 0 Å². The molecule has 0 heterocycles. The molecule has 0 radical (unpaired) electrons. The Morgan fingerprint density at radius 2 is 2.07 bits per heavy atom. The molecule has 0 aliphatic carbocycles. The number of nitriles is 1. The van der Waals surface area contributed by atoms with E-state index in [4.69, 9.17) is 5.26 Å². The summed E-state index contributed by atoms with van der Waals surface area (Å²) in [5.41, 5.74) is 1.20. The topological polar surface area (TPSA) is 52.9 Å². The predicted molar refractivity (Wildman–Crippen MR) is 56.8 cm³/mol. The highest BCUT2D eigenvalue weighted by atomic mass is 16.1. The van der Waals surface area contributed by atoms with E-state index in [0.717, 1.165) is 0 Å². The van der Waals surface area contributed by atoms with Gasteiger partial charge < -0.3 is 5.32 Å². The zero-order chi connectivity index (χ0) is 11.0. The van der Waals surface area contributed by atoms with E-state index >= 15 is 0 Å². The number of hydrogen-bond donors (Lipinski definition) is 1. The zero-order valence-corrected chi connectivity index (χ0v) is 8.66. The van der Waals surface area contributed by atoms with E-state index in [1.54, 1.807) is 24.3 Å². The van der Waals surface area contributed by atoms with Crippen LogP contribution < -0.4 is 5.32 Å². The molecule has 0 unspecified atom stereocenters. The molecule has 0 aliphatic rings. The Bertz CT molecular complexity index is 339. The van der Waals surface area contributed by atoms with Gasteiger partial charge in [0.2, 0.25) is 5.91 Å². The number of amides is 1. The summed E-state index contributed by atoms with van der Waals surface area (Å²) in [5, 5.41) is 11.1. The number of nitrogens with one attached hydrogen (secondary N) is 1. The van der Waals surface area contributed by atoms with Gasteiger partial charge in [0.15, 0.2) is 0 Å². The number of hydrogen-bond acceptors (Lipinski definition) is 2. The fourth-order valence-electron chi connectivity index (χ4n) is 0.870. The van der Waals surface area contributed by atoms with Crippen molar-refractivity contribution in [1.29, 1.82) is 5.26 Å². The molecule has 74 valence electrons. The smallest absolute Gasteiger partial charge is 0.221 e. The summed E-state index contributed by atoms with van der Waals surface area (Å²) in [6.45, 7) is 5.43. The Hall–Kier alpha value is -1.82. The van der Waals surface area contributed by atoms with Crippen molar-refractivity contribution >= 4 is 11.6 Å². The van der Waals surface area contributed by atoms with Crippen molar-refractivity contribution in [2.45, 2.75) is 20.8 Å². The average molecular weight is 190 g/mol. The molecule has 1 aromatic rings. The highest BCUT2D eigenvalue weighted by Gasteiger charge is 1.95. The molecule has 1 aromatic carbocycles. The van der Waals surface area contributed by atoms with Crippen LogP contribution in [0.3, 0.4) is 0 Å². The van der Waals surface area contributed by atoms with Crippen molar-refractivity contribution in [2.24, 2.45) is 0 Å². The molecule has 0 saturated heterocycles.